The number of phenols is 2. The lowest BCUT2D eigenvalue weighted by atomic mass is 9.49. The van der Waals surface area contributed by atoms with Crippen LogP contribution in [0.4, 0.5) is 0 Å². The summed E-state index contributed by atoms with van der Waals surface area (Å²) < 4.78 is 0. The van der Waals surface area contributed by atoms with E-state index in [1.165, 1.54) is 0 Å². The number of benzene rings is 2. The minimum Gasteiger partial charge on any atom is -0.507 e. The summed E-state index contributed by atoms with van der Waals surface area (Å²) >= 11 is 0. The van der Waals surface area contributed by atoms with Crippen molar-refractivity contribution in [3.05, 3.63) is 45.5 Å². The lowest BCUT2D eigenvalue weighted by Gasteiger charge is -2.54. The van der Waals surface area contributed by atoms with Gasteiger partial charge in [-0.1, -0.05) is 54.4 Å². The molecule has 0 aliphatic heterocycles. The number of aromatic hydroxyl groups is 2. The maximum Gasteiger partial charge on any atom is 0.309 e. The fourth-order valence-electron chi connectivity index (χ4n) is 11.4. The highest BCUT2D eigenvalue weighted by Crippen LogP contribution is 2.62. The number of carboxylic acid groups (broad SMARTS) is 2. The third-order valence-corrected chi connectivity index (χ3v) is 13.8. The van der Waals surface area contributed by atoms with Crippen LogP contribution in [-0.4, -0.2) is 32.4 Å². The van der Waals surface area contributed by atoms with Gasteiger partial charge < -0.3 is 20.4 Å². The molecule has 0 aromatic heterocycles. The first-order valence-corrected chi connectivity index (χ1v) is 17.7. The van der Waals surface area contributed by atoms with E-state index in [1.807, 2.05) is 13.8 Å². The van der Waals surface area contributed by atoms with Gasteiger partial charge in [0.15, 0.2) is 0 Å². The Morgan fingerprint density at radius 2 is 1.00 bits per heavy atom. The molecule has 0 unspecified atom stereocenters. The van der Waals surface area contributed by atoms with Crippen LogP contribution in [0.2, 0.25) is 0 Å². The fraction of sp³-hybridized carbons (Fsp3) is 0.650. The van der Waals surface area contributed by atoms with Crippen molar-refractivity contribution in [1.82, 2.24) is 0 Å². The summed E-state index contributed by atoms with van der Waals surface area (Å²) in [6.07, 6.45) is 7.74. The molecule has 250 valence electrons. The van der Waals surface area contributed by atoms with Crippen molar-refractivity contribution in [3.8, 4) is 22.6 Å². The molecule has 2 fully saturated rings. The van der Waals surface area contributed by atoms with E-state index in [2.05, 4.69) is 53.7 Å². The SMILES string of the molecule is CC(C)c1c(O)c(-c2cc3c(c(C(C)C)c2O)CC[C@H]2[C@@](C)(C(=O)O)CCC[C@]32C)cc2c1CC[C@H]1[C@@](C)(C(=O)O)CCC[C@]21C. The molecule has 6 rings (SSSR count). The van der Waals surface area contributed by atoms with Crippen LogP contribution in [0.5, 0.6) is 11.5 Å². The van der Waals surface area contributed by atoms with Gasteiger partial charge in [0.05, 0.1) is 10.8 Å². The Kier molecular flexibility index (Phi) is 7.69. The molecule has 6 nitrogen and oxygen atoms in total. The monoisotopic (exact) mass is 630 g/mol. The first-order valence-electron chi connectivity index (χ1n) is 17.7. The first-order chi connectivity index (χ1) is 21.4. The predicted octanol–water partition coefficient (Wildman–Crippen LogP) is 9.20. The van der Waals surface area contributed by atoms with Gasteiger partial charge in [-0.3, -0.25) is 9.59 Å². The molecular weight excluding hydrogens is 576 g/mol. The van der Waals surface area contributed by atoms with Crippen molar-refractivity contribution in [1.29, 1.82) is 0 Å². The summed E-state index contributed by atoms with van der Waals surface area (Å²) in [5.74, 6) is -1.05. The number of fused-ring (bicyclic) bond motifs is 6. The molecule has 0 spiro atoms. The Morgan fingerprint density at radius 3 is 1.30 bits per heavy atom. The van der Waals surface area contributed by atoms with Crippen LogP contribution in [0, 0.1) is 22.7 Å². The average Bonchev–Trinajstić information content (AvgIpc) is 2.96. The van der Waals surface area contributed by atoms with Crippen molar-refractivity contribution in [3.63, 3.8) is 0 Å². The smallest absolute Gasteiger partial charge is 0.309 e. The quantitative estimate of drug-likeness (QED) is 0.262. The molecule has 2 aromatic carbocycles. The summed E-state index contributed by atoms with van der Waals surface area (Å²) in [7, 11) is 0. The van der Waals surface area contributed by atoms with Gasteiger partial charge in [-0.05, 0) is 134 Å². The van der Waals surface area contributed by atoms with Gasteiger partial charge in [-0.25, -0.2) is 0 Å². The number of carbonyl (C=O) groups is 2. The van der Waals surface area contributed by atoms with Crippen molar-refractivity contribution in [2.24, 2.45) is 22.7 Å². The molecular formula is C40H54O6. The summed E-state index contributed by atoms with van der Waals surface area (Å²) in [5, 5.41) is 45.2. The van der Waals surface area contributed by atoms with Gasteiger partial charge in [0.25, 0.3) is 0 Å². The average molecular weight is 631 g/mol. The summed E-state index contributed by atoms with van der Waals surface area (Å²) in [5.41, 5.74) is 5.16. The second-order valence-corrected chi connectivity index (χ2v) is 16.9. The van der Waals surface area contributed by atoms with Gasteiger partial charge in [0.2, 0.25) is 0 Å². The zero-order valence-electron chi connectivity index (χ0n) is 29.1. The third-order valence-electron chi connectivity index (χ3n) is 13.8. The molecule has 6 atom stereocenters. The first kappa shape index (κ1) is 32.9. The van der Waals surface area contributed by atoms with Crippen molar-refractivity contribution >= 4 is 11.9 Å². The van der Waals surface area contributed by atoms with E-state index in [-0.39, 0.29) is 46.0 Å². The summed E-state index contributed by atoms with van der Waals surface area (Å²) in [4.78, 5) is 25.4. The van der Waals surface area contributed by atoms with Crippen molar-refractivity contribution in [2.45, 2.75) is 142 Å². The Balaban J connectivity index is 1.63. The maximum atomic E-state index is 12.7. The molecule has 0 radical (unpaired) electrons. The molecule has 2 saturated carbocycles. The molecule has 0 saturated heterocycles. The molecule has 4 aliphatic rings. The topological polar surface area (TPSA) is 115 Å². The van der Waals surface area contributed by atoms with Crippen molar-refractivity contribution in [2.75, 3.05) is 0 Å². The van der Waals surface area contributed by atoms with E-state index in [0.717, 1.165) is 84.7 Å². The van der Waals surface area contributed by atoms with E-state index in [0.29, 0.717) is 24.0 Å². The molecule has 2 aromatic rings. The van der Waals surface area contributed by atoms with Crippen molar-refractivity contribution < 1.29 is 30.0 Å². The van der Waals surface area contributed by atoms with Crippen LogP contribution in [0.3, 0.4) is 0 Å². The maximum absolute atomic E-state index is 12.7. The lowest BCUT2D eigenvalue weighted by molar-refractivity contribution is -0.158. The summed E-state index contributed by atoms with van der Waals surface area (Å²) in [6, 6.07) is 4.18. The molecule has 4 N–H and O–H groups in total. The van der Waals surface area contributed by atoms with Crippen LogP contribution in [0.1, 0.15) is 152 Å². The summed E-state index contributed by atoms with van der Waals surface area (Å²) in [6.45, 7) is 16.7. The van der Waals surface area contributed by atoms with E-state index < -0.39 is 22.8 Å². The van der Waals surface area contributed by atoms with Crippen LogP contribution < -0.4 is 0 Å². The number of carboxylic acids is 2. The van der Waals surface area contributed by atoms with Gasteiger partial charge in [-0.2, -0.15) is 0 Å². The highest BCUT2D eigenvalue weighted by Gasteiger charge is 2.57. The van der Waals surface area contributed by atoms with Crippen LogP contribution in [0.25, 0.3) is 11.1 Å². The normalized spacial score (nSPS) is 33.6. The lowest BCUT2D eigenvalue weighted by Crippen LogP contribution is -2.52. The highest BCUT2D eigenvalue weighted by molar-refractivity contribution is 5.83. The van der Waals surface area contributed by atoms with Gasteiger partial charge in [0.1, 0.15) is 11.5 Å². The zero-order valence-corrected chi connectivity index (χ0v) is 29.1. The van der Waals surface area contributed by atoms with E-state index in [4.69, 9.17) is 0 Å². The molecule has 0 heterocycles. The number of phenolic OH excluding ortho intramolecular Hbond substituents is 2. The molecule has 0 amide bonds. The van der Waals surface area contributed by atoms with E-state index in [9.17, 15) is 30.0 Å². The molecule has 46 heavy (non-hydrogen) atoms. The molecule has 0 bridgehead atoms. The largest absolute Gasteiger partial charge is 0.507 e. The number of hydrogen-bond donors (Lipinski definition) is 4. The predicted molar refractivity (Wildman–Crippen MR) is 181 cm³/mol. The van der Waals surface area contributed by atoms with E-state index >= 15 is 0 Å². The highest BCUT2D eigenvalue weighted by atomic mass is 16.4. The van der Waals surface area contributed by atoms with E-state index in [1.54, 1.807) is 0 Å². The number of aliphatic carboxylic acids is 2. The third kappa shape index (κ3) is 4.33. The minimum atomic E-state index is -0.819. The second kappa shape index (κ2) is 10.8. The number of rotatable bonds is 5. The molecule has 6 heteroatoms. The zero-order chi connectivity index (χ0) is 33.7. The Hall–Kier alpha value is -3.02. The fourth-order valence-corrected chi connectivity index (χ4v) is 11.4. The van der Waals surface area contributed by atoms with Gasteiger partial charge >= 0.3 is 11.9 Å². The Morgan fingerprint density at radius 1 is 0.652 bits per heavy atom. The van der Waals surface area contributed by atoms with Crippen LogP contribution in [-0.2, 0) is 33.3 Å². The van der Waals surface area contributed by atoms with Crippen LogP contribution in [0.15, 0.2) is 12.1 Å². The Bertz CT molecular complexity index is 1500. The molecule has 4 aliphatic carbocycles. The van der Waals surface area contributed by atoms with Gasteiger partial charge in [-0.15, -0.1) is 0 Å². The Labute approximate surface area is 274 Å². The number of hydrogen-bond acceptors (Lipinski definition) is 4. The standard InChI is InChI=1S/C40H54O6/c1-21(2)31-23-11-13-29-37(5,15-9-17-39(29,7)35(43)44)27(23)19-25(33(31)41)26-20-28-24(32(22(3)4)34(26)42)12-14-30-38(28,6)16-10-18-40(30,8)36(45)46/h19-22,29-30,41-42H,9-18H2,1-8H3,(H,43,44)(H,45,46)/t29-,30-,37-,38-,39+,40+/m1/s1. The van der Waals surface area contributed by atoms with Crippen LogP contribution >= 0.6 is 0 Å². The minimum absolute atomic E-state index is 0.0316. The second-order valence-electron chi connectivity index (χ2n) is 16.9. The van der Waals surface area contributed by atoms with Gasteiger partial charge in [0, 0.05) is 22.3 Å².